The Morgan fingerprint density at radius 2 is 1.33 bits per heavy atom. The van der Waals surface area contributed by atoms with E-state index in [1.54, 1.807) is 6.92 Å². The van der Waals surface area contributed by atoms with Gasteiger partial charge in [0.15, 0.2) is 0 Å². The van der Waals surface area contributed by atoms with Crippen molar-refractivity contribution in [3.05, 3.63) is 0 Å². The molecule has 3 nitrogen and oxygen atoms in total. The second-order valence-electron chi connectivity index (χ2n) is 3.79. The third-order valence-electron chi connectivity index (χ3n) is 1.91. The van der Waals surface area contributed by atoms with Crippen LogP contribution >= 0.6 is 0 Å². The van der Waals surface area contributed by atoms with Crippen LogP contribution in [0.1, 0.15) is 46.5 Å². The fourth-order valence-electron chi connectivity index (χ4n) is 0.653. The van der Waals surface area contributed by atoms with Crippen molar-refractivity contribution in [3.8, 4) is 0 Å². The number of aliphatic hydroxyl groups is 2. The first kappa shape index (κ1) is 17.3. The van der Waals surface area contributed by atoms with Crippen molar-refractivity contribution < 1.29 is 14.9 Å². The van der Waals surface area contributed by atoms with Crippen molar-refractivity contribution in [1.82, 2.24) is 0 Å². The number of ether oxygens (including phenoxy) is 1. The van der Waals surface area contributed by atoms with Gasteiger partial charge < -0.3 is 14.9 Å². The van der Waals surface area contributed by atoms with Crippen molar-refractivity contribution in [2.24, 2.45) is 5.92 Å². The van der Waals surface area contributed by atoms with Gasteiger partial charge in [-0.25, -0.2) is 0 Å². The molecule has 0 saturated carbocycles. The van der Waals surface area contributed by atoms with Gasteiger partial charge in [-0.15, -0.1) is 0 Å². The summed E-state index contributed by atoms with van der Waals surface area (Å²) in [6.07, 6.45) is 4.91. The predicted molar refractivity (Wildman–Crippen MR) is 64.0 cm³/mol. The molecule has 15 heavy (non-hydrogen) atoms. The highest BCUT2D eigenvalue weighted by molar-refractivity contribution is 4.41. The Morgan fingerprint density at radius 1 is 0.933 bits per heavy atom. The second-order valence-corrected chi connectivity index (χ2v) is 3.79. The molecule has 0 atom stereocenters. The van der Waals surface area contributed by atoms with E-state index in [4.69, 9.17) is 14.9 Å². The maximum absolute atomic E-state index is 8.17. The number of rotatable bonds is 8. The molecule has 0 aliphatic carbocycles. The third-order valence-corrected chi connectivity index (χ3v) is 1.91. The molecule has 0 amide bonds. The van der Waals surface area contributed by atoms with Gasteiger partial charge in [0.05, 0.1) is 0 Å². The average Bonchev–Trinajstić information content (AvgIpc) is 2.29. The average molecular weight is 220 g/mol. The summed E-state index contributed by atoms with van der Waals surface area (Å²) < 4.78 is 5.31. The fourth-order valence-corrected chi connectivity index (χ4v) is 0.653. The van der Waals surface area contributed by atoms with E-state index in [1.807, 2.05) is 0 Å². The predicted octanol–water partition coefficient (Wildman–Crippen LogP) is 2.21. The molecule has 0 radical (unpaired) electrons. The molecule has 94 valence electrons. The van der Waals surface area contributed by atoms with E-state index in [9.17, 15) is 0 Å². The normalized spacial score (nSPS) is 10.0. The molecular weight excluding hydrogens is 192 g/mol. The van der Waals surface area contributed by atoms with Crippen LogP contribution in [0.25, 0.3) is 0 Å². The summed E-state index contributed by atoms with van der Waals surface area (Å²) >= 11 is 0. The molecule has 0 rings (SSSR count). The van der Waals surface area contributed by atoms with Crippen LogP contribution in [0.2, 0.25) is 0 Å². The minimum atomic E-state index is 0.0463. The van der Waals surface area contributed by atoms with Crippen molar-refractivity contribution >= 4 is 0 Å². The molecule has 0 spiro atoms. The Morgan fingerprint density at radius 3 is 1.53 bits per heavy atom. The topological polar surface area (TPSA) is 49.7 Å². The molecule has 0 saturated heterocycles. The van der Waals surface area contributed by atoms with Gasteiger partial charge in [-0.2, -0.15) is 0 Å². The Labute approximate surface area is 94.5 Å². The smallest absolute Gasteiger partial charge is 0.0478 e. The van der Waals surface area contributed by atoms with E-state index in [2.05, 4.69) is 13.8 Å². The van der Waals surface area contributed by atoms with Gasteiger partial charge in [0.1, 0.15) is 0 Å². The van der Waals surface area contributed by atoms with Crippen LogP contribution < -0.4 is 0 Å². The summed E-state index contributed by atoms with van der Waals surface area (Å²) in [5.74, 6) is 0.0463. The van der Waals surface area contributed by atoms with Gasteiger partial charge in [-0.05, 0) is 12.8 Å². The lowest BCUT2D eigenvalue weighted by Gasteiger charge is -1.99. The van der Waals surface area contributed by atoms with E-state index < -0.39 is 0 Å². The number of unbranched alkanes of at least 4 members (excludes halogenated alkanes) is 2. The summed E-state index contributed by atoms with van der Waals surface area (Å²) in [5.41, 5.74) is 0. The van der Waals surface area contributed by atoms with E-state index in [1.165, 1.54) is 25.7 Å². The minimum Gasteiger partial charge on any atom is -0.396 e. The monoisotopic (exact) mass is 220 g/mol. The molecule has 2 N–H and O–H groups in total. The van der Waals surface area contributed by atoms with Crippen LogP contribution in [0.3, 0.4) is 0 Å². The summed E-state index contributed by atoms with van der Waals surface area (Å²) in [4.78, 5) is 0. The van der Waals surface area contributed by atoms with Crippen molar-refractivity contribution in [1.29, 1.82) is 0 Å². The van der Waals surface area contributed by atoms with Crippen LogP contribution in [0.15, 0.2) is 0 Å². The molecule has 0 aliphatic rings. The molecule has 0 bridgehead atoms. The highest BCUT2D eigenvalue weighted by Crippen LogP contribution is 1.91. The maximum Gasteiger partial charge on any atom is 0.0478 e. The zero-order valence-electron chi connectivity index (χ0n) is 10.5. The van der Waals surface area contributed by atoms with Gasteiger partial charge in [-0.1, -0.05) is 33.6 Å². The molecular formula is C12H28O3. The first-order chi connectivity index (χ1) is 7.22. The lowest BCUT2D eigenvalue weighted by atomic mass is 10.2. The van der Waals surface area contributed by atoms with E-state index >= 15 is 0 Å². The summed E-state index contributed by atoms with van der Waals surface area (Å²) in [7, 11) is 0. The Hall–Kier alpha value is -0.120. The first-order valence-corrected chi connectivity index (χ1v) is 6.02. The molecule has 0 aliphatic heterocycles. The molecule has 0 heterocycles. The van der Waals surface area contributed by atoms with E-state index in [0.717, 1.165) is 13.2 Å². The molecule has 0 aromatic carbocycles. The number of aliphatic hydroxyl groups excluding tert-OH is 2. The summed E-state index contributed by atoms with van der Waals surface area (Å²) in [5, 5.41) is 16.3. The maximum atomic E-state index is 8.17. The first-order valence-electron chi connectivity index (χ1n) is 6.02. The van der Waals surface area contributed by atoms with Gasteiger partial charge in [-0.3, -0.25) is 0 Å². The van der Waals surface area contributed by atoms with Gasteiger partial charge in [0.25, 0.3) is 0 Å². The summed E-state index contributed by atoms with van der Waals surface area (Å²) in [6.45, 7) is 8.21. The largest absolute Gasteiger partial charge is 0.396 e. The second kappa shape index (κ2) is 16.3. The van der Waals surface area contributed by atoms with Gasteiger partial charge in [0, 0.05) is 32.3 Å². The molecule has 0 unspecified atom stereocenters. The minimum absolute atomic E-state index is 0.0463. The zero-order valence-corrected chi connectivity index (χ0v) is 10.5. The van der Waals surface area contributed by atoms with Crippen molar-refractivity contribution in [3.63, 3.8) is 0 Å². The third kappa shape index (κ3) is 20.1. The highest BCUT2D eigenvalue weighted by atomic mass is 16.5. The van der Waals surface area contributed by atoms with Gasteiger partial charge in [0.2, 0.25) is 0 Å². The standard InChI is InChI=1S/C8H18O.C4H10O2/c1-3-5-7-9-8-6-4-2;1-4(2-5)3-6/h3-8H2,1-2H3;4-6H,2-3H2,1H3. The lowest BCUT2D eigenvalue weighted by Crippen LogP contribution is -2.04. The van der Waals surface area contributed by atoms with Crippen LogP contribution in [-0.4, -0.2) is 36.6 Å². The Balaban J connectivity index is 0. The SMILES string of the molecule is CC(CO)CO.CCCCOCCCC. The fraction of sp³-hybridized carbons (Fsp3) is 1.00. The number of hydrogen-bond donors (Lipinski definition) is 2. The zero-order chi connectivity index (χ0) is 11.9. The van der Waals surface area contributed by atoms with Crippen molar-refractivity contribution in [2.75, 3.05) is 26.4 Å². The Bertz CT molecular complexity index is 86.9. The molecule has 0 aromatic heterocycles. The molecule has 3 heteroatoms. The van der Waals surface area contributed by atoms with Crippen LogP contribution in [0.5, 0.6) is 0 Å². The van der Waals surface area contributed by atoms with Crippen LogP contribution in [0, 0.1) is 5.92 Å². The number of hydrogen-bond acceptors (Lipinski definition) is 3. The van der Waals surface area contributed by atoms with Crippen LogP contribution in [-0.2, 0) is 4.74 Å². The summed E-state index contributed by atoms with van der Waals surface area (Å²) in [6, 6.07) is 0. The highest BCUT2D eigenvalue weighted by Gasteiger charge is 1.91. The van der Waals surface area contributed by atoms with E-state index in [-0.39, 0.29) is 19.1 Å². The molecule has 0 fully saturated rings. The van der Waals surface area contributed by atoms with Crippen molar-refractivity contribution in [2.45, 2.75) is 46.5 Å². The molecule has 0 aromatic rings. The van der Waals surface area contributed by atoms with Gasteiger partial charge >= 0.3 is 0 Å². The van der Waals surface area contributed by atoms with E-state index in [0.29, 0.717) is 0 Å². The lowest BCUT2D eigenvalue weighted by molar-refractivity contribution is 0.128. The quantitative estimate of drug-likeness (QED) is 0.617. The Kier molecular flexibility index (Phi) is 18.8. The van der Waals surface area contributed by atoms with Crippen LogP contribution in [0.4, 0.5) is 0 Å².